The Labute approximate surface area is 105 Å². The molecule has 1 aromatic rings. The highest BCUT2D eigenvalue weighted by molar-refractivity contribution is 9.10. The maximum atomic E-state index is 11.8. The summed E-state index contributed by atoms with van der Waals surface area (Å²) in [5, 5.41) is 0. The van der Waals surface area contributed by atoms with Crippen LogP contribution in [0.25, 0.3) is 0 Å². The number of hydrogen-bond donors (Lipinski definition) is 1. The lowest BCUT2D eigenvalue weighted by atomic mass is 10.2. The van der Waals surface area contributed by atoms with Gasteiger partial charge >= 0.3 is 6.18 Å². The Balaban J connectivity index is 2.42. The van der Waals surface area contributed by atoms with Crippen LogP contribution in [0.4, 0.5) is 13.2 Å². The van der Waals surface area contributed by atoms with E-state index in [9.17, 15) is 13.2 Å². The van der Waals surface area contributed by atoms with E-state index in [1.807, 2.05) is 0 Å². The summed E-state index contributed by atoms with van der Waals surface area (Å²) < 4.78 is 45.2. The van der Waals surface area contributed by atoms with Crippen LogP contribution >= 0.6 is 15.9 Å². The SMILES string of the molecule is NCc1ccc(OCOCC(F)(F)F)c(Br)c1. The molecule has 96 valence electrons. The number of benzene rings is 1. The second-order valence-electron chi connectivity index (χ2n) is 3.19. The zero-order valence-electron chi connectivity index (χ0n) is 8.76. The van der Waals surface area contributed by atoms with Crippen molar-refractivity contribution < 1.29 is 22.6 Å². The molecular formula is C10H11BrF3NO2. The molecule has 0 heterocycles. The van der Waals surface area contributed by atoms with Crippen molar-refractivity contribution in [3.8, 4) is 5.75 Å². The molecule has 1 aromatic carbocycles. The van der Waals surface area contributed by atoms with Gasteiger partial charge in [0.1, 0.15) is 12.4 Å². The summed E-state index contributed by atoms with van der Waals surface area (Å²) in [5.74, 6) is 0.407. The molecule has 0 bridgehead atoms. The summed E-state index contributed by atoms with van der Waals surface area (Å²) in [7, 11) is 0. The van der Waals surface area contributed by atoms with Crippen LogP contribution in [-0.4, -0.2) is 19.6 Å². The van der Waals surface area contributed by atoms with Crippen molar-refractivity contribution in [3.05, 3.63) is 28.2 Å². The molecule has 0 fully saturated rings. The average Bonchev–Trinajstić information content (AvgIpc) is 2.24. The molecule has 0 radical (unpaired) electrons. The van der Waals surface area contributed by atoms with Crippen molar-refractivity contribution >= 4 is 15.9 Å². The fourth-order valence-electron chi connectivity index (χ4n) is 1.05. The monoisotopic (exact) mass is 313 g/mol. The molecule has 0 atom stereocenters. The molecule has 0 saturated carbocycles. The van der Waals surface area contributed by atoms with Crippen molar-refractivity contribution in [1.82, 2.24) is 0 Å². The minimum Gasteiger partial charge on any atom is -0.466 e. The number of rotatable bonds is 5. The molecule has 0 amide bonds. The van der Waals surface area contributed by atoms with E-state index in [1.165, 1.54) is 0 Å². The number of hydrogen-bond acceptors (Lipinski definition) is 3. The topological polar surface area (TPSA) is 44.5 Å². The Kier molecular flexibility index (Phi) is 5.23. The highest BCUT2D eigenvalue weighted by Gasteiger charge is 2.27. The quantitative estimate of drug-likeness (QED) is 0.671. The lowest BCUT2D eigenvalue weighted by Gasteiger charge is -2.11. The summed E-state index contributed by atoms with van der Waals surface area (Å²) in [6.45, 7) is -1.41. The molecule has 0 spiro atoms. The van der Waals surface area contributed by atoms with Crippen LogP contribution in [0.1, 0.15) is 5.56 Å². The van der Waals surface area contributed by atoms with E-state index in [4.69, 9.17) is 10.5 Å². The highest BCUT2D eigenvalue weighted by Crippen LogP contribution is 2.26. The molecular weight excluding hydrogens is 303 g/mol. The van der Waals surface area contributed by atoms with Gasteiger partial charge in [0.15, 0.2) is 6.79 Å². The van der Waals surface area contributed by atoms with E-state index in [2.05, 4.69) is 20.7 Å². The second-order valence-corrected chi connectivity index (χ2v) is 4.05. The fourth-order valence-corrected chi connectivity index (χ4v) is 1.59. The molecule has 0 aliphatic heterocycles. The van der Waals surface area contributed by atoms with Crippen LogP contribution in [-0.2, 0) is 11.3 Å². The molecule has 0 unspecified atom stereocenters. The van der Waals surface area contributed by atoms with E-state index >= 15 is 0 Å². The largest absolute Gasteiger partial charge is 0.466 e. The minimum atomic E-state index is -4.34. The number of nitrogens with two attached hydrogens (primary N) is 1. The minimum absolute atomic E-state index is 0.378. The van der Waals surface area contributed by atoms with Crippen LogP contribution in [0, 0.1) is 0 Å². The van der Waals surface area contributed by atoms with Gasteiger partial charge in [-0.15, -0.1) is 0 Å². The Morgan fingerprint density at radius 3 is 2.53 bits per heavy atom. The molecule has 1 rings (SSSR count). The van der Waals surface area contributed by atoms with Gasteiger partial charge in [0.25, 0.3) is 0 Å². The molecule has 0 saturated heterocycles. The Morgan fingerprint density at radius 1 is 1.29 bits per heavy atom. The number of ether oxygens (including phenoxy) is 2. The first-order valence-electron chi connectivity index (χ1n) is 4.68. The van der Waals surface area contributed by atoms with Crippen molar-refractivity contribution in [3.63, 3.8) is 0 Å². The number of halogens is 4. The molecule has 3 nitrogen and oxygen atoms in total. The van der Waals surface area contributed by atoms with E-state index in [0.717, 1.165) is 5.56 Å². The van der Waals surface area contributed by atoms with Gasteiger partial charge in [-0.25, -0.2) is 0 Å². The predicted molar refractivity (Wildman–Crippen MR) is 59.5 cm³/mol. The van der Waals surface area contributed by atoms with Crippen molar-refractivity contribution in [1.29, 1.82) is 0 Å². The van der Waals surface area contributed by atoms with Gasteiger partial charge < -0.3 is 15.2 Å². The maximum Gasteiger partial charge on any atom is 0.411 e. The summed E-state index contributed by atoms with van der Waals surface area (Å²) in [4.78, 5) is 0. The van der Waals surface area contributed by atoms with Crippen LogP contribution in [0.5, 0.6) is 5.75 Å². The molecule has 0 aliphatic rings. The van der Waals surface area contributed by atoms with Gasteiger partial charge in [0, 0.05) is 6.54 Å². The van der Waals surface area contributed by atoms with E-state index in [0.29, 0.717) is 16.8 Å². The summed E-state index contributed by atoms with van der Waals surface area (Å²) in [6.07, 6.45) is -4.34. The summed E-state index contributed by atoms with van der Waals surface area (Å²) >= 11 is 3.22. The lowest BCUT2D eigenvalue weighted by Crippen LogP contribution is -2.19. The normalized spacial score (nSPS) is 11.6. The third-order valence-corrected chi connectivity index (χ3v) is 2.42. The average molecular weight is 314 g/mol. The van der Waals surface area contributed by atoms with Crippen molar-refractivity contribution in [2.45, 2.75) is 12.7 Å². The Hall–Kier alpha value is -0.790. The lowest BCUT2D eigenvalue weighted by molar-refractivity contribution is -0.186. The highest BCUT2D eigenvalue weighted by atomic mass is 79.9. The zero-order valence-corrected chi connectivity index (χ0v) is 10.3. The molecule has 2 N–H and O–H groups in total. The Morgan fingerprint density at radius 2 is 2.00 bits per heavy atom. The third-order valence-electron chi connectivity index (χ3n) is 1.80. The van der Waals surface area contributed by atoms with Gasteiger partial charge in [-0.1, -0.05) is 6.07 Å². The molecule has 17 heavy (non-hydrogen) atoms. The van der Waals surface area contributed by atoms with Gasteiger partial charge in [0.05, 0.1) is 4.47 Å². The third kappa shape index (κ3) is 5.38. The van der Waals surface area contributed by atoms with Crippen molar-refractivity contribution in [2.75, 3.05) is 13.4 Å². The second kappa shape index (κ2) is 6.23. The standard InChI is InChI=1S/C10H11BrF3NO2/c11-8-3-7(4-15)1-2-9(8)17-6-16-5-10(12,13)14/h1-3H,4-6,15H2. The van der Waals surface area contributed by atoms with Crippen LogP contribution < -0.4 is 10.5 Å². The van der Waals surface area contributed by atoms with Crippen LogP contribution in [0.3, 0.4) is 0 Å². The summed E-state index contributed by atoms with van der Waals surface area (Å²) in [6, 6.07) is 5.08. The first kappa shape index (κ1) is 14.3. The van der Waals surface area contributed by atoms with E-state index in [1.54, 1.807) is 18.2 Å². The first-order chi connectivity index (χ1) is 7.92. The van der Waals surface area contributed by atoms with Gasteiger partial charge in [-0.05, 0) is 33.6 Å². The van der Waals surface area contributed by atoms with E-state index in [-0.39, 0.29) is 0 Å². The predicted octanol–water partition coefficient (Wildman–Crippen LogP) is 2.82. The van der Waals surface area contributed by atoms with Gasteiger partial charge in [0.2, 0.25) is 0 Å². The first-order valence-corrected chi connectivity index (χ1v) is 5.47. The maximum absolute atomic E-state index is 11.8. The van der Waals surface area contributed by atoms with Crippen LogP contribution in [0.2, 0.25) is 0 Å². The van der Waals surface area contributed by atoms with E-state index < -0.39 is 19.6 Å². The molecule has 0 aliphatic carbocycles. The molecule has 0 aromatic heterocycles. The molecule has 7 heteroatoms. The van der Waals surface area contributed by atoms with Gasteiger partial charge in [-0.3, -0.25) is 0 Å². The number of alkyl halides is 3. The Bertz CT molecular complexity index is 371. The van der Waals surface area contributed by atoms with Crippen LogP contribution in [0.15, 0.2) is 22.7 Å². The van der Waals surface area contributed by atoms with Gasteiger partial charge in [-0.2, -0.15) is 13.2 Å². The zero-order chi connectivity index (χ0) is 12.9. The fraction of sp³-hybridized carbons (Fsp3) is 0.400. The summed E-state index contributed by atoms with van der Waals surface area (Å²) in [5.41, 5.74) is 6.32. The van der Waals surface area contributed by atoms with Crippen molar-refractivity contribution in [2.24, 2.45) is 5.73 Å². The smallest absolute Gasteiger partial charge is 0.411 e.